The zero-order valence-electron chi connectivity index (χ0n) is 15.3. The van der Waals surface area contributed by atoms with Gasteiger partial charge >= 0.3 is 0 Å². The molecule has 2 aliphatic rings. The fraction of sp³-hybridized carbons (Fsp3) is 0.611. The standard InChI is InChI=1S/C18H25N3O5/c1-18(2,17(24)21-9-12-25-13-10-21)16(23)20-7-5-19(6-8-20)15(22)14-4-3-11-26-14/h3-4,11H,5-10,12-13H2,1-2H3. The molecule has 2 fully saturated rings. The average molecular weight is 363 g/mol. The summed E-state index contributed by atoms with van der Waals surface area (Å²) in [5, 5.41) is 0. The second kappa shape index (κ2) is 7.49. The molecule has 26 heavy (non-hydrogen) atoms. The van der Waals surface area contributed by atoms with Crippen molar-refractivity contribution >= 4 is 17.7 Å². The van der Waals surface area contributed by atoms with Crippen LogP contribution in [0.4, 0.5) is 0 Å². The number of piperazine rings is 1. The van der Waals surface area contributed by atoms with Crippen molar-refractivity contribution < 1.29 is 23.5 Å². The Morgan fingerprint density at radius 2 is 1.42 bits per heavy atom. The van der Waals surface area contributed by atoms with Gasteiger partial charge in [-0.1, -0.05) is 0 Å². The number of ether oxygens (including phenoxy) is 1. The lowest BCUT2D eigenvalue weighted by Crippen LogP contribution is -2.57. The van der Waals surface area contributed by atoms with Crippen LogP contribution in [0.25, 0.3) is 0 Å². The molecule has 1 aromatic heterocycles. The van der Waals surface area contributed by atoms with Gasteiger partial charge in [0.15, 0.2) is 5.76 Å². The normalized spacial score (nSPS) is 18.8. The highest BCUT2D eigenvalue weighted by atomic mass is 16.5. The number of carbonyl (C=O) groups is 3. The molecule has 0 atom stereocenters. The smallest absolute Gasteiger partial charge is 0.289 e. The molecule has 0 N–H and O–H groups in total. The fourth-order valence-electron chi connectivity index (χ4n) is 3.32. The lowest BCUT2D eigenvalue weighted by atomic mass is 9.89. The lowest BCUT2D eigenvalue weighted by Gasteiger charge is -2.39. The van der Waals surface area contributed by atoms with Crippen LogP contribution in [0.5, 0.6) is 0 Å². The molecule has 2 aliphatic heterocycles. The highest BCUT2D eigenvalue weighted by Crippen LogP contribution is 2.24. The number of furan rings is 1. The Hall–Kier alpha value is -2.35. The van der Waals surface area contributed by atoms with Crippen molar-refractivity contribution in [1.82, 2.24) is 14.7 Å². The second-order valence-corrected chi connectivity index (χ2v) is 7.09. The summed E-state index contributed by atoms with van der Waals surface area (Å²) in [7, 11) is 0. The first-order valence-corrected chi connectivity index (χ1v) is 8.90. The Morgan fingerprint density at radius 3 is 1.96 bits per heavy atom. The van der Waals surface area contributed by atoms with Crippen molar-refractivity contribution in [2.24, 2.45) is 5.41 Å². The van der Waals surface area contributed by atoms with Gasteiger partial charge in [0.2, 0.25) is 11.8 Å². The van der Waals surface area contributed by atoms with Crippen molar-refractivity contribution in [2.45, 2.75) is 13.8 Å². The Balaban J connectivity index is 1.58. The monoisotopic (exact) mass is 363 g/mol. The maximum atomic E-state index is 12.9. The van der Waals surface area contributed by atoms with Crippen LogP contribution >= 0.6 is 0 Å². The molecule has 8 nitrogen and oxygen atoms in total. The van der Waals surface area contributed by atoms with Gasteiger partial charge in [0.05, 0.1) is 19.5 Å². The lowest BCUT2D eigenvalue weighted by molar-refractivity contribution is -0.157. The predicted molar refractivity (Wildman–Crippen MR) is 92.4 cm³/mol. The molecule has 142 valence electrons. The molecule has 0 aromatic carbocycles. The SMILES string of the molecule is CC(C)(C(=O)N1CCOCC1)C(=O)N1CCN(C(=O)c2ccco2)CC1. The van der Waals surface area contributed by atoms with Gasteiger partial charge in [0, 0.05) is 39.3 Å². The van der Waals surface area contributed by atoms with Crippen molar-refractivity contribution in [3.8, 4) is 0 Å². The van der Waals surface area contributed by atoms with Crippen LogP contribution in [-0.2, 0) is 14.3 Å². The zero-order chi connectivity index (χ0) is 18.7. The van der Waals surface area contributed by atoms with Crippen molar-refractivity contribution in [3.05, 3.63) is 24.2 Å². The number of hydrogen-bond acceptors (Lipinski definition) is 5. The Labute approximate surface area is 152 Å². The van der Waals surface area contributed by atoms with Crippen LogP contribution in [0, 0.1) is 5.41 Å². The number of morpholine rings is 1. The predicted octanol–water partition coefficient (Wildman–Crippen LogP) is 0.449. The number of amides is 3. The number of hydrogen-bond donors (Lipinski definition) is 0. The van der Waals surface area contributed by atoms with E-state index in [4.69, 9.17) is 9.15 Å². The Morgan fingerprint density at radius 1 is 0.885 bits per heavy atom. The van der Waals surface area contributed by atoms with E-state index < -0.39 is 5.41 Å². The van der Waals surface area contributed by atoms with E-state index in [0.29, 0.717) is 58.2 Å². The van der Waals surface area contributed by atoms with E-state index in [9.17, 15) is 14.4 Å². The maximum absolute atomic E-state index is 12.9. The van der Waals surface area contributed by atoms with E-state index in [-0.39, 0.29) is 17.7 Å². The summed E-state index contributed by atoms with van der Waals surface area (Å²) in [6.07, 6.45) is 1.47. The number of carbonyl (C=O) groups excluding carboxylic acids is 3. The first-order valence-electron chi connectivity index (χ1n) is 8.90. The number of rotatable bonds is 3. The van der Waals surface area contributed by atoms with Crippen LogP contribution in [0.15, 0.2) is 22.8 Å². The summed E-state index contributed by atoms with van der Waals surface area (Å²) in [5.41, 5.74) is -1.12. The fourth-order valence-corrected chi connectivity index (χ4v) is 3.32. The summed E-state index contributed by atoms with van der Waals surface area (Å²) < 4.78 is 10.4. The van der Waals surface area contributed by atoms with Crippen LogP contribution in [0.3, 0.4) is 0 Å². The van der Waals surface area contributed by atoms with E-state index in [0.717, 1.165) is 0 Å². The molecule has 0 bridgehead atoms. The van der Waals surface area contributed by atoms with Crippen LogP contribution < -0.4 is 0 Å². The topological polar surface area (TPSA) is 83.3 Å². The molecule has 3 rings (SSSR count). The minimum Gasteiger partial charge on any atom is -0.459 e. The van der Waals surface area contributed by atoms with Crippen LogP contribution in [0.1, 0.15) is 24.4 Å². The van der Waals surface area contributed by atoms with Gasteiger partial charge in [-0.2, -0.15) is 0 Å². The van der Waals surface area contributed by atoms with Crippen molar-refractivity contribution in [1.29, 1.82) is 0 Å². The molecule has 8 heteroatoms. The third-order valence-electron chi connectivity index (χ3n) is 4.95. The molecule has 0 saturated carbocycles. The van der Waals surface area contributed by atoms with Gasteiger partial charge in [-0.25, -0.2) is 0 Å². The van der Waals surface area contributed by atoms with Gasteiger partial charge in [-0.3, -0.25) is 14.4 Å². The summed E-state index contributed by atoms with van der Waals surface area (Å²) in [6, 6.07) is 3.30. The third-order valence-corrected chi connectivity index (χ3v) is 4.95. The average Bonchev–Trinajstić information content (AvgIpc) is 3.21. The largest absolute Gasteiger partial charge is 0.459 e. The zero-order valence-corrected chi connectivity index (χ0v) is 15.3. The molecule has 0 radical (unpaired) electrons. The molecule has 0 spiro atoms. The summed E-state index contributed by atoms with van der Waals surface area (Å²) >= 11 is 0. The molecule has 2 saturated heterocycles. The van der Waals surface area contributed by atoms with Gasteiger partial charge in [0.25, 0.3) is 5.91 Å². The second-order valence-electron chi connectivity index (χ2n) is 7.09. The van der Waals surface area contributed by atoms with Crippen LogP contribution in [-0.4, -0.2) is 84.9 Å². The summed E-state index contributed by atoms with van der Waals surface area (Å²) in [6.45, 7) is 7.05. The molecule has 3 amide bonds. The van der Waals surface area contributed by atoms with Crippen LogP contribution in [0.2, 0.25) is 0 Å². The quantitative estimate of drug-likeness (QED) is 0.728. The molecule has 3 heterocycles. The van der Waals surface area contributed by atoms with E-state index in [1.807, 2.05) is 0 Å². The van der Waals surface area contributed by atoms with E-state index in [1.54, 1.807) is 40.7 Å². The Kier molecular flexibility index (Phi) is 5.31. The van der Waals surface area contributed by atoms with Gasteiger partial charge in [0.1, 0.15) is 5.41 Å². The van der Waals surface area contributed by atoms with E-state index in [2.05, 4.69) is 0 Å². The molecule has 0 aliphatic carbocycles. The molecular formula is C18H25N3O5. The van der Waals surface area contributed by atoms with Gasteiger partial charge < -0.3 is 23.9 Å². The van der Waals surface area contributed by atoms with Crippen molar-refractivity contribution in [2.75, 3.05) is 52.5 Å². The van der Waals surface area contributed by atoms with E-state index in [1.165, 1.54) is 6.26 Å². The molecule has 1 aromatic rings. The van der Waals surface area contributed by atoms with Gasteiger partial charge in [-0.05, 0) is 26.0 Å². The summed E-state index contributed by atoms with van der Waals surface area (Å²) in [4.78, 5) is 43.0. The van der Waals surface area contributed by atoms with E-state index >= 15 is 0 Å². The van der Waals surface area contributed by atoms with Crippen molar-refractivity contribution in [3.63, 3.8) is 0 Å². The highest BCUT2D eigenvalue weighted by molar-refractivity contribution is 6.04. The van der Waals surface area contributed by atoms with Gasteiger partial charge in [-0.15, -0.1) is 0 Å². The molecular weight excluding hydrogens is 338 g/mol. The minimum atomic E-state index is -1.12. The highest BCUT2D eigenvalue weighted by Gasteiger charge is 2.43. The molecule has 0 unspecified atom stereocenters. The summed E-state index contributed by atoms with van der Waals surface area (Å²) in [5.74, 6) is -0.239. The Bertz CT molecular complexity index is 656. The number of nitrogens with zero attached hydrogens (tertiary/aromatic N) is 3. The third kappa shape index (κ3) is 3.60. The maximum Gasteiger partial charge on any atom is 0.289 e. The first kappa shape index (κ1) is 18.4. The first-order chi connectivity index (χ1) is 12.4. The minimum absolute atomic E-state index is 0.167.